The van der Waals surface area contributed by atoms with Crippen molar-refractivity contribution in [3.8, 4) is 11.5 Å². The van der Waals surface area contributed by atoms with Gasteiger partial charge in [-0.3, -0.25) is 14.2 Å². The number of fused-ring (bicyclic) bond motifs is 2. The van der Waals surface area contributed by atoms with Gasteiger partial charge in [0.1, 0.15) is 17.3 Å². The third-order valence-corrected chi connectivity index (χ3v) is 4.56. The molecule has 0 spiro atoms. The van der Waals surface area contributed by atoms with E-state index in [2.05, 4.69) is 0 Å². The molecule has 0 saturated heterocycles. The summed E-state index contributed by atoms with van der Waals surface area (Å²) in [5.41, 5.74) is 0.346. The zero-order valence-electron chi connectivity index (χ0n) is 14.1. The zero-order chi connectivity index (χ0) is 19.0. The van der Waals surface area contributed by atoms with Gasteiger partial charge in [0.05, 0.1) is 11.1 Å². The second kappa shape index (κ2) is 6.81. The van der Waals surface area contributed by atoms with Crippen LogP contribution < -0.4 is 0 Å². The summed E-state index contributed by atoms with van der Waals surface area (Å²) in [6, 6.07) is 7.08. The van der Waals surface area contributed by atoms with Gasteiger partial charge in [-0.05, 0) is 29.8 Å². The first-order valence-corrected chi connectivity index (χ1v) is 8.89. The monoisotopic (exact) mass is 372 g/mol. The summed E-state index contributed by atoms with van der Waals surface area (Å²) in [5.74, 6) is -1.34. The van der Waals surface area contributed by atoms with Crippen LogP contribution in [-0.4, -0.2) is 21.8 Å². The van der Waals surface area contributed by atoms with Crippen molar-refractivity contribution >= 4 is 26.3 Å². The van der Waals surface area contributed by atoms with E-state index in [1.54, 1.807) is 6.08 Å². The molecule has 0 heterocycles. The summed E-state index contributed by atoms with van der Waals surface area (Å²) >= 11 is 0. The van der Waals surface area contributed by atoms with Gasteiger partial charge in [-0.25, -0.2) is 0 Å². The minimum absolute atomic E-state index is 0.0513. The number of carbonyl (C=O) groups excluding carboxylic acids is 2. The van der Waals surface area contributed by atoms with E-state index < -0.39 is 20.3 Å². The largest absolute Gasteiger partial charge is 0.507 e. The van der Waals surface area contributed by atoms with Crippen molar-refractivity contribution in [2.24, 2.45) is 5.92 Å². The quantitative estimate of drug-likeness (QED) is 0.536. The highest BCUT2D eigenvalue weighted by Crippen LogP contribution is 2.37. The number of carbonyl (C=O) groups is 2. The van der Waals surface area contributed by atoms with E-state index >= 15 is 0 Å². The fraction of sp³-hybridized carbons (Fsp3) is 0.158. The van der Waals surface area contributed by atoms with Crippen LogP contribution in [0.1, 0.15) is 51.3 Å². The molecule has 26 heavy (non-hydrogen) atoms. The predicted molar refractivity (Wildman–Crippen MR) is 97.4 cm³/mol. The highest BCUT2D eigenvalue weighted by molar-refractivity contribution is 7.17. The maximum Gasteiger partial charge on any atom is 0.225 e. The molecule has 1 aliphatic carbocycles. The molecule has 1 unspecified atom stereocenters. The Morgan fingerprint density at radius 3 is 2.38 bits per heavy atom. The molecule has 2 aromatic carbocycles. The van der Waals surface area contributed by atoms with E-state index in [9.17, 15) is 24.4 Å². The predicted octanol–water partition coefficient (Wildman–Crippen LogP) is 3.56. The summed E-state index contributed by atoms with van der Waals surface area (Å²) in [6.07, 6.45) is 1.57. The Morgan fingerprint density at radius 2 is 1.73 bits per heavy atom. The van der Waals surface area contributed by atoms with Crippen molar-refractivity contribution in [2.45, 2.75) is 13.8 Å². The van der Waals surface area contributed by atoms with Gasteiger partial charge in [0.2, 0.25) is 14.5 Å². The van der Waals surface area contributed by atoms with E-state index in [-0.39, 0.29) is 39.7 Å². The Kier molecular flexibility index (Phi) is 4.70. The van der Waals surface area contributed by atoms with Crippen molar-refractivity contribution in [1.29, 1.82) is 0 Å². The number of phenols is 2. The maximum absolute atomic E-state index is 12.8. The molecular formula is C19H17O6P. The smallest absolute Gasteiger partial charge is 0.225 e. The van der Waals surface area contributed by atoms with Crippen LogP contribution in [0.4, 0.5) is 0 Å². The zero-order valence-corrected chi connectivity index (χ0v) is 15.3. The topological polar surface area (TPSA) is 101 Å². The van der Waals surface area contributed by atoms with Crippen molar-refractivity contribution in [3.05, 3.63) is 63.9 Å². The molecule has 0 aromatic heterocycles. The third-order valence-electron chi connectivity index (χ3n) is 4.19. The van der Waals surface area contributed by atoms with Crippen LogP contribution in [-0.2, 0) is 9.09 Å². The van der Waals surface area contributed by atoms with E-state index in [1.807, 2.05) is 13.8 Å². The van der Waals surface area contributed by atoms with Crippen molar-refractivity contribution in [3.63, 3.8) is 0 Å². The van der Waals surface area contributed by atoms with Gasteiger partial charge >= 0.3 is 0 Å². The fourth-order valence-electron chi connectivity index (χ4n) is 2.94. The van der Waals surface area contributed by atoms with Crippen LogP contribution in [0, 0.1) is 5.92 Å². The molecule has 6 nitrogen and oxygen atoms in total. The second-order valence-corrected chi connectivity index (χ2v) is 6.66. The van der Waals surface area contributed by atoms with E-state index in [0.717, 1.165) is 0 Å². The number of allylic oxidation sites excluding steroid dienone is 1. The molecule has 1 atom stereocenters. The van der Waals surface area contributed by atoms with Gasteiger partial charge in [0.15, 0.2) is 5.78 Å². The lowest BCUT2D eigenvalue weighted by atomic mass is 9.82. The highest BCUT2D eigenvalue weighted by atomic mass is 31.1. The molecule has 3 rings (SSSR count). The average molecular weight is 372 g/mol. The van der Waals surface area contributed by atoms with Gasteiger partial charge in [-0.15, -0.1) is 0 Å². The lowest BCUT2D eigenvalue weighted by Gasteiger charge is -2.20. The molecule has 0 aliphatic heterocycles. The summed E-state index contributed by atoms with van der Waals surface area (Å²) in [7, 11) is -1.44. The molecule has 2 aromatic rings. The van der Waals surface area contributed by atoms with Crippen molar-refractivity contribution in [1.82, 2.24) is 0 Å². The summed E-state index contributed by atoms with van der Waals surface area (Å²) in [5, 5.41) is 20.3. The van der Waals surface area contributed by atoms with Crippen LogP contribution >= 0.6 is 8.69 Å². The van der Waals surface area contributed by atoms with Gasteiger partial charge in [-0.2, -0.15) is 0 Å². The third kappa shape index (κ3) is 2.93. The number of aromatic hydroxyl groups is 2. The highest BCUT2D eigenvalue weighted by Gasteiger charge is 2.34. The number of benzene rings is 2. The SMILES string of the molecule is CC(C)C(=Cc1cc(O)c2c(c1)C(=O)c1cccc(O)c1C2=O)O[PH2]=O. The lowest BCUT2D eigenvalue weighted by molar-refractivity contribution is 0.0974. The van der Waals surface area contributed by atoms with Crippen LogP contribution in [0.15, 0.2) is 36.1 Å². The standard InChI is InChI=1S/C19H17O6P/c1-9(2)15(25-26-24)8-10-6-12-17(14(21)7-10)19(23)16-11(18(12)22)4-3-5-13(16)20/h3-9,20-21H,26H2,1-2H3. The fourth-order valence-corrected chi connectivity index (χ4v) is 3.40. The van der Waals surface area contributed by atoms with Crippen molar-refractivity contribution < 1.29 is 28.9 Å². The first kappa shape index (κ1) is 18.0. The summed E-state index contributed by atoms with van der Waals surface area (Å²) in [4.78, 5) is 25.5. The van der Waals surface area contributed by atoms with Crippen LogP contribution in [0.2, 0.25) is 0 Å². The Balaban J connectivity index is 2.19. The molecule has 2 N–H and O–H groups in total. The molecule has 0 fully saturated rings. The number of hydrogen-bond acceptors (Lipinski definition) is 6. The minimum Gasteiger partial charge on any atom is -0.507 e. The molecular weight excluding hydrogens is 355 g/mol. The van der Waals surface area contributed by atoms with Gasteiger partial charge in [-0.1, -0.05) is 26.0 Å². The molecule has 0 bridgehead atoms. The lowest BCUT2D eigenvalue weighted by Crippen LogP contribution is -2.21. The Labute approximate surface area is 151 Å². The Hall–Kier alpha value is -2.85. The molecule has 1 aliphatic rings. The Bertz CT molecular complexity index is 974. The maximum atomic E-state index is 12.8. The van der Waals surface area contributed by atoms with E-state index in [0.29, 0.717) is 11.3 Å². The first-order chi connectivity index (χ1) is 12.3. The minimum atomic E-state index is -1.44. The van der Waals surface area contributed by atoms with Crippen molar-refractivity contribution in [2.75, 3.05) is 0 Å². The summed E-state index contributed by atoms with van der Waals surface area (Å²) in [6.45, 7) is 3.71. The average Bonchev–Trinajstić information content (AvgIpc) is 2.58. The Morgan fingerprint density at radius 1 is 1.04 bits per heavy atom. The van der Waals surface area contributed by atoms with Gasteiger partial charge < -0.3 is 14.7 Å². The van der Waals surface area contributed by atoms with E-state index in [1.165, 1.54) is 30.3 Å². The number of hydrogen-bond donors (Lipinski definition) is 2. The molecule has 0 saturated carbocycles. The molecule has 0 amide bonds. The number of phenolic OH excluding ortho intramolecular Hbond substituents is 2. The van der Waals surface area contributed by atoms with Crippen LogP contribution in [0.3, 0.4) is 0 Å². The van der Waals surface area contributed by atoms with E-state index in [4.69, 9.17) is 4.52 Å². The second-order valence-electron chi connectivity index (χ2n) is 6.24. The molecule has 7 heteroatoms. The summed E-state index contributed by atoms with van der Waals surface area (Å²) < 4.78 is 16.0. The number of ketones is 2. The van der Waals surface area contributed by atoms with Gasteiger partial charge in [0.25, 0.3) is 0 Å². The molecule has 0 radical (unpaired) electrons. The van der Waals surface area contributed by atoms with Gasteiger partial charge in [0, 0.05) is 17.0 Å². The normalized spacial score (nSPS) is 14.0. The molecule has 134 valence electrons. The first-order valence-electron chi connectivity index (χ1n) is 7.95. The van der Waals surface area contributed by atoms with Crippen LogP contribution in [0.25, 0.3) is 6.08 Å². The number of rotatable bonds is 4. The van der Waals surface area contributed by atoms with Crippen LogP contribution in [0.5, 0.6) is 11.5 Å².